The van der Waals surface area contributed by atoms with Crippen molar-refractivity contribution in [2.45, 2.75) is 39.3 Å². The van der Waals surface area contributed by atoms with Crippen molar-refractivity contribution in [1.29, 1.82) is 0 Å². The monoisotopic (exact) mass is 411 g/mol. The molecule has 4 rings (SSSR count). The summed E-state index contributed by atoms with van der Waals surface area (Å²) < 4.78 is 13.5. The van der Waals surface area contributed by atoms with Crippen LogP contribution in [0.25, 0.3) is 0 Å². The standard InChI is InChI=1S/C24H33N3O3/c1-18-15-21(19(2)27(18)16-20-7-6-14-30-20)23(28)17-25-10-12-26(13-11-25)22-8-4-5-9-24(22)29-3/h4-5,8-9,15,20H,6-7,10-14,16-17H2,1-3H3/t20-/m1/s1. The molecule has 0 radical (unpaired) electrons. The highest BCUT2D eigenvalue weighted by molar-refractivity contribution is 5.99. The zero-order valence-corrected chi connectivity index (χ0v) is 18.4. The number of Topliss-reactive ketones (excluding diaryl/α,β-unsaturated/α-hetero) is 1. The second-order valence-corrected chi connectivity index (χ2v) is 8.39. The summed E-state index contributed by atoms with van der Waals surface area (Å²) in [6.45, 7) is 9.87. The van der Waals surface area contributed by atoms with E-state index in [9.17, 15) is 4.79 Å². The molecule has 0 bridgehead atoms. The van der Waals surface area contributed by atoms with E-state index in [2.05, 4.69) is 40.3 Å². The zero-order valence-electron chi connectivity index (χ0n) is 18.4. The first-order valence-corrected chi connectivity index (χ1v) is 11.0. The van der Waals surface area contributed by atoms with Gasteiger partial charge in [-0.25, -0.2) is 0 Å². The van der Waals surface area contributed by atoms with Crippen molar-refractivity contribution in [2.24, 2.45) is 0 Å². The van der Waals surface area contributed by atoms with Gasteiger partial charge in [0, 0.05) is 56.3 Å². The van der Waals surface area contributed by atoms with Crippen LogP contribution in [0.3, 0.4) is 0 Å². The van der Waals surface area contributed by atoms with Crippen LogP contribution in [0.5, 0.6) is 5.75 Å². The summed E-state index contributed by atoms with van der Waals surface area (Å²) in [5, 5.41) is 0. The first-order valence-electron chi connectivity index (χ1n) is 11.0. The predicted molar refractivity (Wildman–Crippen MR) is 119 cm³/mol. The van der Waals surface area contributed by atoms with E-state index in [1.807, 2.05) is 18.2 Å². The second kappa shape index (κ2) is 9.23. The van der Waals surface area contributed by atoms with Gasteiger partial charge in [-0.05, 0) is 44.9 Å². The maximum atomic E-state index is 13.1. The third-order valence-corrected chi connectivity index (χ3v) is 6.45. The predicted octanol–water partition coefficient (Wildman–Crippen LogP) is 3.30. The third kappa shape index (κ3) is 4.40. The Morgan fingerprint density at radius 2 is 1.93 bits per heavy atom. The molecule has 0 spiro atoms. The van der Waals surface area contributed by atoms with Crippen molar-refractivity contribution >= 4 is 11.5 Å². The number of methoxy groups -OCH3 is 1. The van der Waals surface area contributed by atoms with E-state index in [4.69, 9.17) is 9.47 Å². The van der Waals surface area contributed by atoms with E-state index in [0.29, 0.717) is 6.54 Å². The molecule has 2 aromatic rings. The lowest BCUT2D eigenvalue weighted by molar-refractivity contribution is 0.0918. The number of ether oxygens (including phenoxy) is 2. The number of nitrogens with zero attached hydrogens (tertiary/aromatic N) is 3. The molecule has 162 valence electrons. The number of carbonyl (C=O) groups excluding carboxylic acids is 1. The normalized spacial score (nSPS) is 20.0. The highest BCUT2D eigenvalue weighted by Gasteiger charge is 2.24. The average molecular weight is 412 g/mol. The minimum Gasteiger partial charge on any atom is -0.495 e. The van der Waals surface area contributed by atoms with Crippen LogP contribution in [0.2, 0.25) is 0 Å². The maximum Gasteiger partial charge on any atom is 0.178 e. The van der Waals surface area contributed by atoms with Crippen LogP contribution in [-0.2, 0) is 11.3 Å². The number of piperazine rings is 1. The van der Waals surface area contributed by atoms with E-state index < -0.39 is 0 Å². The van der Waals surface area contributed by atoms with Crippen LogP contribution in [-0.4, -0.2) is 67.8 Å². The minimum absolute atomic E-state index is 0.215. The maximum absolute atomic E-state index is 13.1. The molecule has 0 unspecified atom stereocenters. The van der Waals surface area contributed by atoms with E-state index in [1.165, 1.54) is 0 Å². The van der Waals surface area contributed by atoms with Crippen LogP contribution in [0.15, 0.2) is 30.3 Å². The Morgan fingerprint density at radius 1 is 1.17 bits per heavy atom. The van der Waals surface area contributed by atoms with E-state index >= 15 is 0 Å². The third-order valence-electron chi connectivity index (χ3n) is 6.45. The molecule has 3 heterocycles. The van der Waals surface area contributed by atoms with Gasteiger partial charge in [-0.15, -0.1) is 0 Å². The molecule has 0 N–H and O–H groups in total. The molecule has 0 saturated carbocycles. The summed E-state index contributed by atoms with van der Waals surface area (Å²) in [5.74, 6) is 1.12. The van der Waals surface area contributed by atoms with Crippen LogP contribution < -0.4 is 9.64 Å². The Balaban J connectivity index is 1.36. The van der Waals surface area contributed by atoms with Gasteiger partial charge in [0.25, 0.3) is 0 Å². The second-order valence-electron chi connectivity index (χ2n) is 8.39. The minimum atomic E-state index is 0.215. The number of para-hydroxylation sites is 2. The summed E-state index contributed by atoms with van der Waals surface area (Å²) in [4.78, 5) is 17.7. The molecule has 30 heavy (non-hydrogen) atoms. The van der Waals surface area contributed by atoms with Crippen molar-refractivity contribution in [3.63, 3.8) is 0 Å². The molecule has 6 nitrogen and oxygen atoms in total. The number of ketones is 1. The van der Waals surface area contributed by atoms with Gasteiger partial charge in [0.05, 0.1) is 25.4 Å². The molecule has 0 amide bonds. The topological polar surface area (TPSA) is 46.9 Å². The van der Waals surface area contributed by atoms with Gasteiger partial charge >= 0.3 is 0 Å². The van der Waals surface area contributed by atoms with E-state index in [1.54, 1.807) is 7.11 Å². The Kier molecular flexibility index (Phi) is 6.44. The smallest absolute Gasteiger partial charge is 0.178 e. The van der Waals surface area contributed by atoms with E-state index in [-0.39, 0.29) is 11.9 Å². The van der Waals surface area contributed by atoms with Gasteiger partial charge in [-0.3, -0.25) is 9.69 Å². The number of aromatic nitrogens is 1. The molecular formula is C24H33N3O3. The molecular weight excluding hydrogens is 378 g/mol. The lowest BCUT2D eigenvalue weighted by Gasteiger charge is -2.36. The summed E-state index contributed by atoms with van der Waals surface area (Å²) in [7, 11) is 1.71. The molecule has 1 aromatic carbocycles. The first-order chi connectivity index (χ1) is 14.6. The SMILES string of the molecule is COc1ccccc1N1CCN(CC(=O)c2cc(C)n(C[C@H]3CCCO3)c2C)CC1. The Bertz CT molecular complexity index is 878. The van der Waals surface area contributed by atoms with Crippen molar-refractivity contribution < 1.29 is 14.3 Å². The van der Waals surface area contributed by atoms with Crippen molar-refractivity contribution in [3.8, 4) is 5.75 Å². The molecule has 2 aliphatic rings. The molecule has 6 heteroatoms. The van der Waals surface area contributed by atoms with Gasteiger partial charge in [-0.2, -0.15) is 0 Å². The largest absolute Gasteiger partial charge is 0.495 e. The van der Waals surface area contributed by atoms with E-state index in [0.717, 1.165) is 80.6 Å². The Morgan fingerprint density at radius 3 is 2.63 bits per heavy atom. The number of rotatable bonds is 7. The number of aryl methyl sites for hydroxylation is 1. The van der Waals surface area contributed by atoms with Crippen molar-refractivity contribution in [1.82, 2.24) is 9.47 Å². The lowest BCUT2D eigenvalue weighted by Crippen LogP contribution is -2.48. The molecule has 1 aromatic heterocycles. The molecule has 2 fully saturated rings. The molecule has 2 aliphatic heterocycles. The fraction of sp³-hybridized carbons (Fsp3) is 0.542. The summed E-state index contributed by atoms with van der Waals surface area (Å²) in [5.41, 5.74) is 4.20. The first kappa shape index (κ1) is 20.9. The van der Waals surface area contributed by atoms with Gasteiger partial charge in [-0.1, -0.05) is 12.1 Å². The van der Waals surface area contributed by atoms with Gasteiger partial charge in [0.2, 0.25) is 0 Å². The van der Waals surface area contributed by atoms with Crippen molar-refractivity contribution in [2.75, 3.05) is 51.3 Å². The summed E-state index contributed by atoms with van der Waals surface area (Å²) >= 11 is 0. The van der Waals surface area contributed by atoms with Gasteiger partial charge < -0.3 is 18.9 Å². The quantitative estimate of drug-likeness (QED) is 0.655. The van der Waals surface area contributed by atoms with Crippen LogP contribution in [0.4, 0.5) is 5.69 Å². The fourth-order valence-corrected chi connectivity index (χ4v) is 4.68. The van der Waals surface area contributed by atoms with Crippen LogP contribution in [0, 0.1) is 13.8 Å². The van der Waals surface area contributed by atoms with Gasteiger partial charge in [0.1, 0.15) is 5.75 Å². The van der Waals surface area contributed by atoms with Gasteiger partial charge in [0.15, 0.2) is 5.78 Å². The van der Waals surface area contributed by atoms with Crippen LogP contribution in [0.1, 0.15) is 34.6 Å². The number of carbonyl (C=O) groups is 1. The number of anilines is 1. The highest BCUT2D eigenvalue weighted by Crippen LogP contribution is 2.28. The Hall–Kier alpha value is -2.31. The number of benzene rings is 1. The number of hydrogen-bond donors (Lipinski definition) is 0. The average Bonchev–Trinajstić information content (AvgIpc) is 3.38. The molecule has 1 atom stereocenters. The highest BCUT2D eigenvalue weighted by atomic mass is 16.5. The summed E-state index contributed by atoms with van der Waals surface area (Å²) in [6, 6.07) is 10.2. The number of hydrogen-bond acceptors (Lipinski definition) is 5. The molecule has 2 saturated heterocycles. The van der Waals surface area contributed by atoms with Crippen LogP contribution >= 0.6 is 0 Å². The summed E-state index contributed by atoms with van der Waals surface area (Å²) in [6.07, 6.45) is 2.52. The molecule has 0 aliphatic carbocycles. The fourth-order valence-electron chi connectivity index (χ4n) is 4.68. The lowest BCUT2D eigenvalue weighted by atomic mass is 10.1. The van der Waals surface area contributed by atoms with Crippen molar-refractivity contribution in [3.05, 3.63) is 47.3 Å². The Labute approximate surface area is 179 Å². The zero-order chi connectivity index (χ0) is 21.1.